The number of likely N-dealkylation sites (tertiary alicyclic amines) is 1. The zero-order chi connectivity index (χ0) is 15.1. The maximum absolute atomic E-state index is 11.2. The summed E-state index contributed by atoms with van der Waals surface area (Å²) in [5.74, 6) is -0.00103. The van der Waals surface area contributed by atoms with E-state index in [9.17, 15) is 4.79 Å². The number of nitrogens with one attached hydrogen (secondary N) is 2. The summed E-state index contributed by atoms with van der Waals surface area (Å²) >= 11 is 1.70. The van der Waals surface area contributed by atoms with Gasteiger partial charge in [-0.25, -0.2) is 0 Å². The molecule has 0 bridgehead atoms. The van der Waals surface area contributed by atoms with Gasteiger partial charge in [0.15, 0.2) is 0 Å². The van der Waals surface area contributed by atoms with Crippen LogP contribution in [-0.2, 0) is 11.3 Å². The average molecular weight is 309 g/mol. The number of nitrogens with zero attached hydrogens (tertiary/aromatic N) is 1. The van der Waals surface area contributed by atoms with E-state index in [0.717, 1.165) is 12.2 Å². The second kappa shape index (κ2) is 8.51. The molecule has 21 heavy (non-hydrogen) atoms. The van der Waals surface area contributed by atoms with E-state index in [1.807, 2.05) is 11.4 Å². The molecule has 2 rings (SSSR count). The largest absolute Gasteiger partial charge is 0.325 e. The first-order chi connectivity index (χ1) is 10.2. The van der Waals surface area contributed by atoms with Crippen molar-refractivity contribution in [3.8, 4) is 0 Å². The topological polar surface area (TPSA) is 44.4 Å². The minimum atomic E-state index is -0.00103. The second-order valence-corrected chi connectivity index (χ2v) is 6.79. The fourth-order valence-electron chi connectivity index (χ4n) is 2.76. The second-order valence-electron chi connectivity index (χ2n) is 5.79. The van der Waals surface area contributed by atoms with Gasteiger partial charge < -0.3 is 15.5 Å². The van der Waals surface area contributed by atoms with E-state index in [-0.39, 0.29) is 5.91 Å². The lowest BCUT2D eigenvalue weighted by Crippen LogP contribution is -2.42. The Morgan fingerprint density at radius 1 is 1.43 bits per heavy atom. The highest BCUT2D eigenvalue weighted by Gasteiger charge is 2.18. The van der Waals surface area contributed by atoms with E-state index in [2.05, 4.69) is 22.5 Å². The predicted molar refractivity (Wildman–Crippen MR) is 89.8 cm³/mol. The van der Waals surface area contributed by atoms with Crippen LogP contribution in [0.4, 0.5) is 5.69 Å². The molecular weight excluding hydrogens is 282 g/mol. The Labute approximate surface area is 131 Å². The molecule has 1 aliphatic heterocycles. The number of hydrogen-bond acceptors (Lipinski definition) is 4. The summed E-state index contributed by atoms with van der Waals surface area (Å²) in [6, 6.07) is 2.59. The van der Waals surface area contributed by atoms with Crippen LogP contribution in [0.3, 0.4) is 0 Å². The van der Waals surface area contributed by atoms with Crippen molar-refractivity contribution in [1.82, 2.24) is 10.2 Å². The Bertz CT molecular complexity index is 438. The molecule has 2 heterocycles. The van der Waals surface area contributed by atoms with Crippen LogP contribution in [0.15, 0.2) is 11.4 Å². The van der Waals surface area contributed by atoms with Gasteiger partial charge in [0, 0.05) is 24.4 Å². The molecule has 5 heteroatoms. The van der Waals surface area contributed by atoms with Gasteiger partial charge in [0.1, 0.15) is 0 Å². The van der Waals surface area contributed by atoms with Gasteiger partial charge in [0.2, 0.25) is 5.91 Å². The van der Waals surface area contributed by atoms with Crippen LogP contribution in [0, 0.1) is 0 Å². The van der Waals surface area contributed by atoms with Crippen LogP contribution in [0.2, 0.25) is 0 Å². The average Bonchev–Trinajstić information content (AvgIpc) is 2.90. The van der Waals surface area contributed by atoms with E-state index in [0.29, 0.717) is 6.04 Å². The first-order valence-electron chi connectivity index (χ1n) is 7.98. The lowest BCUT2D eigenvalue weighted by atomic mass is 10.0. The SMILES string of the molecule is CCCCN1CCC(NCc2sccc2NC(C)=O)CC1. The Hall–Kier alpha value is -0.910. The number of unbranched alkanes of at least 4 members (excludes halogenated alkanes) is 1. The monoisotopic (exact) mass is 309 g/mol. The normalized spacial score (nSPS) is 17.0. The molecule has 0 aliphatic carbocycles. The first-order valence-corrected chi connectivity index (χ1v) is 8.86. The molecule has 0 unspecified atom stereocenters. The fraction of sp³-hybridized carbons (Fsp3) is 0.688. The van der Waals surface area contributed by atoms with Crippen molar-refractivity contribution < 1.29 is 4.79 Å². The maximum atomic E-state index is 11.2. The molecule has 2 N–H and O–H groups in total. The molecule has 0 saturated carbocycles. The Morgan fingerprint density at radius 2 is 2.19 bits per heavy atom. The van der Waals surface area contributed by atoms with Gasteiger partial charge in [-0.3, -0.25) is 4.79 Å². The zero-order valence-corrected chi connectivity index (χ0v) is 14.0. The fourth-order valence-corrected chi connectivity index (χ4v) is 3.54. The van der Waals surface area contributed by atoms with Gasteiger partial charge in [-0.15, -0.1) is 11.3 Å². The third-order valence-corrected chi connectivity index (χ3v) is 4.94. The predicted octanol–water partition coefficient (Wildman–Crippen LogP) is 3.06. The molecule has 1 aromatic rings. The smallest absolute Gasteiger partial charge is 0.221 e. The van der Waals surface area contributed by atoms with Gasteiger partial charge >= 0.3 is 0 Å². The number of hydrogen-bond donors (Lipinski definition) is 2. The molecule has 4 nitrogen and oxygen atoms in total. The van der Waals surface area contributed by atoms with E-state index >= 15 is 0 Å². The number of anilines is 1. The summed E-state index contributed by atoms with van der Waals surface area (Å²) in [7, 11) is 0. The Kier molecular flexibility index (Phi) is 6.67. The molecule has 0 aromatic carbocycles. The van der Waals surface area contributed by atoms with Gasteiger partial charge in [-0.1, -0.05) is 13.3 Å². The zero-order valence-electron chi connectivity index (χ0n) is 13.2. The van der Waals surface area contributed by atoms with Gasteiger partial charge in [-0.05, 0) is 50.3 Å². The van der Waals surface area contributed by atoms with Crippen LogP contribution in [0.1, 0.15) is 44.4 Å². The molecule has 1 aromatic heterocycles. The van der Waals surface area contributed by atoms with E-state index in [1.165, 1.54) is 50.2 Å². The number of amides is 1. The third kappa shape index (κ3) is 5.41. The highest BCUT2D eigenvalue weighted by molar-refractivity contribution is 7.10. The quantitative estimate of drug-likeness (QED) is 0.813. The minimum Gasteiger partial charge on any atom is -0.325 e. The van der Waals surface area contributed by atoms with Crippen LogP contribution < -0.4 is 10.6 Å². The van der Waals surface area contributed by atoms with Crippen LogP contribution >= 0.6 is 11.3 Å². The highest BCUT2D eigenvalue weighted by atomic mass is 32.1. The number of piperidine rings is 1. The van der Waals surface area contributed by atoms with Crippen molar-refractivity contribution in [3.63, 3.8) is 0 Å². The standard InChI is InChI=1S/C16H27N3OS/c1-3-4-8-19-9-5-14(6-10-19)17-12-16-15(7-11-21-16)18-13(2)20/h7,11,14,17H,3-6,8-10,12H2,1-2H3,(H,18,20). The number of rotatable bonds is 7. The first kappa shape index (κ1) is 16.5. The summed E-state index contributed by atoms with van der Waals surface area (Å²) in [6.07, 6.45) is 5.05. The van der Waals surface area contributed by atoms with E-state index in [1.54, 1.807) is 18.3 Å². The Morgan fingerprint density at radius 3 is 2.86 bits per heavy atom. The molecular formula is C16H27N3OS. The van der Waals surface area contributed by atoms with E-state index < -0.39 is 0 Å². The molecule has 1 aliphatic rings. The summed E-state index contributed by atoms with van der Waals surface area (Å²) in [5.41, 5.74) is 0.959. The van der Waals surface area contributed by atoms with Crippen molar-refractivity contribution in [1.29, 1.82) is 0 Å². The minimum absolute atomic E-state index is 0.00103. The molecule has 1 amide bonds. The van der Waals surface area contributed by atoms with Crippen molar-refractivity contribution in [2.75, 3.05) is 25.0 Å². The van der Waals surface area contributed by atoms with Gasteiger partial charge in [0.05, 0.1) is 5.69 Å². The number of thiophene rings is 1. The van der Waals surface area contributed by atoms with Gasteiger partial charge in [0.25, 0.3) is 0 Å². The van der Waals surface area contributed by atoms with Crippen molar-refractivity contribution in [2.45, 2.75) is 52.1 Å². The maximum Gasteiger partial charge on any atom is 0.221 e. The molecule has 118 valence electrons. The van der Waals surface area contributed by atoms with Crippen LogP contribution in [0.5, 0.6) is 0 Å². The molecule has 0 radical (unpaired) electrons. The highest BCUT2D eigenvalue weighted by Crippen LogP contribution is 2.22. The van der Waals surface area contributed by atoms with Crippen molar-refractivity contribution in [2.24, 2.45) is 0 Å². The van der Waals surface area contributed by atoms with Crippen molar-refractivity contribution in [3.05, 3.63) is 16.3 Å². The summed E-state index contributed by atoms with van der Waals surface area (Å²) in [6.45, 7) is 8.33. The summed E-state index contributed by atoms with van der Waals surface area (Å²) in [4.78, 5) is 15.0. The Balaban J connectivity index is 1.72. The number of carbonyl (C=O) groups is 1. The van der Waals surface area contributed by atoms with Gasteiger partial charge in [-0.2, -0.15) is 0 Å². The summed E-state index contributed by atoms with van der Waals surface area (Å²) < 4.78 is 0. The lowest BCUT2D eigenvalue weighted by Gasteiger charge is -2.32. The van der Waals surface area contributed by atoms with Crippen molar-refractivity contribution >= 4 is 22.9 Å². The molecule has 1 fully saturated rings. The molecule has 1 saturated heterocycles. The lowest BCUT2D eigenvalue weighted by molar-refractivity contribution is -0.114. The number of carbonyl (C=O) groups excluding carboxylic acids is 1. The molecule has 0 spiro atoms. The van der Waals surface area contributed by atoms with E-state index in [4.69, 9.17) is 0 Å². The van der Waals surface area contributed by atoms with Crippen LogP contribution in [-0.4, -0.2) is 36.5 Å². The van der Waals surface area contributed by atoms with Crippen LogP contribution in [0.25, 0.3) is 0 Å². The summed E-state index contributed by atoms with van der Waals surface area (Å²) in [5, 5.41) is 8.58. The third-order valence-electron chi connectivity index (χ3n) is 4.02. The molecule has 0 atom stereocenters.